The smallest absolute Gasteiger partial charge is 0.275 e. The van der Waals surface area contributed by atoms with Crippen molar-refractivity contribution in [1.29, 1.82) is 0 Å². The number of aryl methyl sites for hydroxylation is 1. The lowest BCUT2D eigenvalue weighted by atomic mass is 10.1. The molecule has 2 aromatic carbocycles. The molecule has 7 heteroatoms. The number of ether oxygens (including phenoxy) is 3. The minimum atomic E-state index is 0.114. The van der Waals surface area contributed by atoms with E-state index in [1.54, 1.807) is 21.3 Å². The fourth-order valence-electron chi connectivity index (χ4n) is 4.17. The molecule has 3 rings (SSSR count). The molecule has 0 aromatic heterocycles. The molecule has 2 aromatic rings. The first-order valence-electron chi connectivity index (χ1n) is 10.8. The number of hydrogen-bond donors (Lipinski definition) is 3. The van der Waals surface area contributed by atoms with E-state index in [9.17, 15) is 4.79 Å². The van der Waals surface area contributed by atoms with Crippen LogP contribution >= 0.6 is 0 Å². The van der Waals surface area contributed by atoms with E-state index in [2.05, 4.69) is 24.4 Å². The van der Waals surface area contributed by atoms with E-state index in [1.807, 2.05) is 24.3 Å². The normalized spacial score (nSPS) is 18.3. The van der Waals surface area contributed by atoms with E-state index >= 15 is 0 Å². The van der Waals surface area contributed by atoms with Gasteiger partial charge < -0.3 is 29.3 Å². The highest BCUT2D eigenvalue weighted by Gasteiger charge is 2.27. The predicted octanol–water partition coefficient (Wildman–Crippen LogP) is -0.379. The summed E-state index contributed by atoms with van der Waals surface area (Å²) in [6.07, 6.45) is 0. The zero-order valence-electron chi connectivity index (χ0n) is 19.0. The fourth-order valence-corrected chi connectivity index (χ4v) is 4.17. The lowest BCUT2D eigenvalue weighted by Crippen LogP contribution is -3.28. The van der Waals surface area contributed by atoms with Crippen LogP contribution in [-0.4, -0.2) is 60.0 Å². The molecule has 1 aliphatic heterocycles. The van der Waals surface area contributed by atoms with Crippen LogP contribution in [0.1, 0.15) is 16.7 Å². The van der Waals surface area contributed by atoms with Crippen molar-refractivity contribution in [2.75, 3.05) is 54.1 Å². The van der Waals surface area contributed by atoms with Crippen LogP contribution in [0.25, 0.3) is 0 Å². The van der Waals surface area contributed by atoms with Crippen LogP contribution in [0, 0.1) is 6.92 Å². The van der Waals surface area contributed by atoms with Gasteiger partial charge in [0.15, 0.2) is 18.0 Å². The first kappa shape index (κ1) is 22.9. The molecule has 1 amide bonds. The molecule has 7 nitrogen and oxygen atoms in total. The largest absolute Gasteiger partial charge is 0.493 e. The lowest BCUT2D eigenvalue weighted by molar-refractivity contribution is -1.02. The van der Waals surface area contributed by atoms with Crippen molar-refractivity contribution in [2.45, 2.75) is 20.0 Å². The van der Waals surface area contributed by atoms with Crippen LogP contribution < -0.4 is 29.3 Å². The Hall–Kier alpha value is -2.77. The monoisotopic (exact) mass is 429 g/mol. The van der Waals surface area contributed by atoms with Gasteiger partial charge in [0.1, 0.15) is 32.7 Å². The SMILES string of the molecule is COc1ccc(C[NH+]2CC[NH+](CC(=O)NCc3ccccc3C)CC2)c(OC)c1OC. The summed E-state index contributed by atoms with van der Waals surface area (Å²) in [4.78, 5) is 15.2. The Bertz CT molecular complexity index is 879. The van der Waals surface area contributed by atoms with Crippen molar-refractivity contribution in [2.24, 2.45) is 0 Å². The molecule has 3 N–H and O–H groups in total. The van der Waals surface area contributed by atoms with Crippen molar-refractivity contribution >= 4 is 5.91 Å². The molecule has 1 fully saturated rings. The van der Waals surface area contributed by atoms with Crippen molar-refractivity contribution in [3.63, 3.8) is 0 Å². The number of methoxy groups -OCH3 is 3. The maximum absolute atomic E-state index is 12.4. The average molecular weight is 430 g/mol. The Morgan fingerprint density at radius 2 is 1.55 bits per heavy atom. The van der Waals surface area contributed by atoms with Gasteiger partial charge in [-0.1, -0.05) is 24.3 Å². The van der Waals surface area contributed by atoms with Gasteiger partial charge in [0.25, 0.3) is 5.91 Å². The summed E-state index contributed by atoms with van der Waals surface area (Å²) < 4.78 is 16.5. The summed E-state index contributed by atoms with van der Waals surface area (Å²) in [5.74, 6) is 2.16. The molecular formula is C24H35N3O4+2. The molecular weight excluding hydrogens is 394 g/mol. The fraction of sp³-hybridized carbons (Fsp3) is 0.458. The molecule has 31 heavy (non-hydrogen) atoms. The number of nitrogens with one attached hydrogen (secondary N) is 3. The summed E-state index contributed by atoms with van der Waals surface area (Å²) in [6, 6.07) is 12.1. The predicted molar refractivity (Wildman–Crippen MR) is 119 cm³/mol. The topological polar surface area (TPSA) is 65.7 Å². The summed E-state index contributed by atoms with van der Waals surface area (Å²) >= 11 is 0. The number of hydrogen-bond acceptors (Lipinski definition) is 4. The number of carbonyl (C=O) groups excluding carboxylic acids is 1. The molecule has 0 unspecified atom stereocenters. The van der Waals surface area contributed by atoms with Crippen molar-refractivity contribution in [3.8, 4) is 17.2 Å². The highest BCUT2D eigenvalue weighted by Crippen LogP contribution is 2.39. The van der Waals surface area contributed by atoms with Gasteiger partial charge in [-0.05, 0) is 30.2 Å². The van der Waals surface area contributed by atoms with E-state index in [0.29, 0.717) is 24.6 Å². The van der Waals surface area contributed by atoms with Crippen molar-refractivity contribution < 1.29 is 28.8 Å². The third-order valence-electron chi connectivity index (χ3n) is 6.04. The highest BCUT2D eigenvalue weighted by atomic mass is 16.5. The summed E-state index contributed by atoms with van der Waals surface area (Å²) in [6.45, 7) is 8.02. The molecule has 1 saturated heterocycles. The second kappa shape index (κ2) is 11.0. The Morgan fingerprint density at radius 3 is 2.19 bits per heavy atom. The molecule has 0 aliphatic carbocycles. The highest BCUT2D eigenvalue weighted by molar-refractivity contribution is 5.76. The van der Waals surface area contributed by atoms with E-state index in [4.69, 9.17) is 14.2 Å². The van der Waals surface area contributed by atoms with Crippen LogP contribution in [0.5, 0.6) is 17.2 Å². The number of quaternary nitrogens is 2. The van der Waals surface area contributed by atoms with Gasteiger partial charge in [-0.2, -0.15) is 0 Å². The van der Waals surface area contributed by atoms with Gasteiger partial charge in [0, 0.05) is 6.54 Å². The number of amides is 1. The van der Waals surface area contributed by atoms with Gasteiger partial charge in [-0.25, -0.2) is 0 Å². The van der Waals surface area contributed by atoms with Gasteiger partial charge in [-0.3, -0.25) is 4.79 Å². The lowest BCUT2D eigenvalue weighted by Gasteiger charge is -2.30. The van der Waals surface area contributed by atoms with E-state index in [-0.39, 0.29) is 5.91 Å². The van der Waals surface area contributed by atoms with Gasteiger partial charge in [0.2, 0.25) is 5.75 Å². The molecule has 1 aliphatic rings. The van der Waals surface area contributed by atoms with E-state index < -0.39 is 0 Å². The van der Waals surface area contributed by atoms with Crippen LogP contribution in [0.15, 0.2) is 36.4 Å². The number of carbonyl (C=O) groups is 1. The first-order chi connectivity index (χ1) is 15.0. The minimum Gasteiger partial charge on any atom is -0.493 e. The number of rotatable bonds is 9. The molecule has 0 saturated carbocycles. The van der Waals surface area contributed by atoms with E-state index in [1.165, 1.54) is 20.9 Å². The molecule has 168 valence electrons. The number of piperazine rings is 1. The Labute approximate surface area is 184 Å². The Balaban J connectivity index is 1.49. The third kappa shape index (κ3) is 5.89. The van der Waals surface area contributed by atoms with Gasteiger partial charge in [-0.15, -0.1) is 0 Å². The zero-order chi connectivity index (χ0) is 22.2. The molecule has 0 atom stereocenters. The van der Waals surface area contributed by atoms with Crippen LogP contribution in [0.3, 0.4) is 0 Å². The van der Waals surface area contributed by atoms with Gasteiger partial charge in [0.05, 0.1) is 26.9 Å². The van der Waals surface area contributed by atoms with Crippen LogP contribution in [0.4, 0.5) is 0 Å². The Morgan fingerprint density at radius 1 is 0.871 bits per heavy atom. The molecule has 0 radical (unpaired) electrons. The second-order valence-corrected chi connectivity index (χ2v) is 8.05. The van der Waals surface area contributed by atoms with E-state index in [0.717, 1.165) is 44.0 Å². The maximum atomic E-state index is 12.4. The van der Waals surface area contributed by atoms with Crippen LogP contribution in [-0.2, 0) is 17.9 Å². The van der Waals surface area contributed by atoms with Crippen molar-refractivity contribution in [3.05, 3.63) is 53.1 Å². The zero-order valence-corrected chi connectivity index (χ0v) is 19.0. The standard InChI is InChI=1S/C24H33N3O4/c1-18-7-5-6-8-19(18)15-25-22(28)17-27-13-11-26(12-14-27)16-20-9-10-21(29-2)24(31-4)23(20)30-3/h5-10H,11-17H2,1-4H3,(H,25,28)/p+2. The molecule has 1 heterocycles. The Kier molecular flexibility index (Phi) is 8.14. The molecule has 0 spiro atoms. The summed E-state index contributed by atoms with van der Waals surface area (Å²) in [5, 5.41) is 3.07. The first-order valence-corrected chi connectivity index (χ1v) is 10.8. The average Bonchev–Trinajstić information content (AvgIpc) is 2.79. The van der Waals surface area contributed by atoms with Gasteiger partial charge >= 0.3 is 0 Å². The number of benzene rings is 2. The summed E-state index contributed by atoms with van der Waals surface area (Å²) in [7, 11) is 4.92. The van der Waals surface area contributed by atoms with Crippen molar-refractivity contribution in [1.82, 2.24) is 5.32 Å². The van der Waals surface area contributed by atoms with Crippen LogP contribution in [0.2, 0.25) is 0 Å². The minimum absolute atomic E-state index is 0.114. The summed E-state index contributed by atoms with van der Waals surface area (Å²) in [5.41, 5.74) is 3.48. The maximum Gasteiger partial charge on any atom is 0.275 e. The quantitative estimate of drug-likeness (QED) is 0.509. The second-order valence-electron chi connectivity index (χ2n) is 8.05. The third-order valence-corrected chi connectivity index (χ3v) is 6.04. The molecule has 0 bridgehead atoms.